The molecule has 0 heterocycles. The number of carbonyl (C=O) groups is 3. The van der Waals surface area contributed by atoms with Crippen molar-refractivity contribution in [3.63, 3.8) is 0 Å². The number of rotatable bonds is 6. The molecule has 1 saturated carbocycles. The van der Waals surface area contributed by atoms with Gasteiger partial charge in [-0.25, -0.2) is 9.59 Å². The maximum atomic E-state index is 12.6. The molecular formula is C22H23NO6. The molecule has 3 rings (SSSR count). The fourth-order valence-electron chi connectivity index (χ4n) is 3.52. The van der Waals surface area contributed by atoms with Gasteiger partial charge in [0.1, 0.15) is 6.10 Å². The van der Waals surface area contributed by atoms with Gasteiger partial charge in [-0.05, 0) is 30.7 Å². The van der Waals surface area contributed by atoms with Crippen LogP contribution in [-0.2, 0) is 14.3 Å². The highest BCUT2D eigenvalue weighted by molar-refractivity contribution is 5.90. The van der Waals surface area contributed by atoms with Crippen LogP contribution in [0.2, 0.25) is 0 Å². The van der Waals surface area contributed by atoms with Crippen molar-refractivity contribution in [2.45, 2.75) is 31.6 Å². The Morgan fingerprint density at radius 2 is 1.38 bits per heavy atom. The van der Waals surface area contributed by atoms with Crippen LogP contribution >= 0.6 is 0 Å². The third kappa shape index (κ3) is 5.00. The van der Waals surface area contributed by atoms with E-state index in [0.717, 1.165) is 0 Å². The lowest BCUT2D eigenvalue weighted by Gasteiger charge is -2.26. The summed E-state index contributed by atoms with van der Waals surface area (Å²) in [5.74, 6) is -1.96. The van der Waals surface area contributed by atoms with Gasteiger partial charge in [0.2, 0.25) is 5.91 Å². The Hall–Kier alpha value is -3.19. The van der Waals surface area contributed by atoms with E-state index in [4.69, 9.17) is 9.47 Å². The number of esters is 2. The predicted molar refractivity (Wildman–Crippen MR) is 104 cm³/mol. The largest absolute Gasteiger partial charge is 0.454 e. The Morgan fingerprint density at radius 1 is 0.897 bits per heavy atom. The summed E-state index contributed by atoms with van der Waals surface area (Å²) in [6.07, 6.45) is -1.50. The third-order valence-electron chi connectivity index (χ3n) is 4.87. The molecule has 2 aromatic rings. The summed E-state index contributed by atoms with van der Waals surface area (Å²) in [4.78, 5) is 36.8. The Bertz CT molecular complexity index is 854. The van der Waals surface area contributed by atoms with Crippen LogP contribution in [0, 0.1) is 5.92 Å². The maximum absolute atomic E-state index is 12.6. The number of hydrogen-bond donors (Lipinski definition) is 2. The number of aliphatic hydroxyl groups is 1. The molecule has 29 heavy (non-hydrogen) atoms. The second-order valence-corrected chi connectivity index (χ2v) is 6.96. The average Bonchev–Trinajstić information content (AvgIpc) is 3.04. The lowest BCUT2D eigenvalue weighted by Crippen LogP contribution is -2.46. The summed E-state index contributed by atoms with van der Waals surface area (Å²) < 4.78 is 11.3. The molecular weight excluding hydrogens is 374 g/mol. The quantitative estimate of drug-likeness (QED) is 0.723. The highest BCUT2D eigenvalue weighted by Crippen LogP contribution is 2.32. The summed E-state index contributed by atoms with van der Waals surface area (Å²) in [6.45, 7) is 1.08. The van der Waals surface area contributed by atoms with Gasteiger partial charge in [-0.15, -0.1) is 0 Å². The normalized spacial score (nSPS) is 23.2. The van der Waals surface area contributed by atoms with Gasteiger partial charge in [-0.1, -0.05) is 36.4 Å². The van der Waals surface area contributed by atoms with E-state index < -0.39 is 36.1 Å². The van der Waals surface area contributed by atoms with Gasteiger partial charge in [-0.2, -0.15) is 0 Å². The molecule has 1 fully saturated rings. The predicted octanol–water partition coefficient (Wildman–Crippen LogP) is 1.95. The van der Waals surface area contributed by atoms with Crippen LogP contribution in [0.1, 0.15) is 34.1 Å². The zero-order valence-corrected chi connectivity index (χ0v) is 16.0. The molecule has 1 aliphatic rings. The Morgan fingerprint density at radius 3 is 1.83 bits per heavy atom. The van der Waals surface area contributed by atoms with Crippen LogP contribution in [-0.4, -0.2) is 47.8 Å². The molecule has 7 nitrogen and oxygen atoms in total. The molecule has 1 aliphatic carbocycles. The van der Waals surface area contributed by atoms with Gasteiger partial charge < -0.3 is 19.9 Å². The van der Waals surface area contributed by atoms with Gasteiger partial charge in [0, 0.05) is 19.4 Å². The van der Waals surface area contributed by atoms with E-state index >= 15 is 0 Å². The maximum Gasteiger partial charge on any atom is 0.338 e. The van der Waals surface area contributed by atoms with Crippen molar-refractivity contribution >= 4 is 17.8 Å². The number of aliphatic hydroxyl groups excluding tert-OH is 1. The average molecular weight is 397 g/mol. The number of amides is 1. The standard InChI is InChI=1S/C22H23NO6/c1-14(25)23-18-12-17(13-24)19(28-21(26)15-8-4-2-5-9-15)20(18)29-22(27)16-10-6-3-7-11-16/h2-11,17-20,24H,12-13H2,1H3,(H,23,25)/t17-,18-,19-,20+/m1/s1. The van der Waals surface area contributed by atoms with Crippen LogP contribution < -0.4 is 5.32 Å². The molecule has 0 spiro atoms. The van der Waals surface area contributed by atoms with Gasteiger partial charge in [0.25, 0.3) is 0 Å². The number of benzene rings is 2. The van der Waals surface area contributed by atoms with Crippen molar-refractivity contribution in [2.75, 3.05) is 6.61 Å². The molecule has 0 radical (unpaired) electrons. The molecule has 2 N–H and O–H groups in total. The summed E-state index contributed by atoms with van der Waals surface area (Å²) >= 11 is 0. The number of ether oxygens (including phenoxy) is 2. The number of carbonyl (C=O) groups excluding carboxylic acids is 3. The van der Waals surface area contributed by atoms with Crippen LogP contribution in [0.4, 0.5) is 0 Å². The van der Waals surface area contributed by atoms with Crippen molar-refractivity contribution < 1.29 is 29.0 Å². The smallest absolute Gasteiger partial charge is 0.338 e. The van der Waals surface area contributed by atoms with Gasteiger partial charge in [0.05, 0.1) is 17.2 Å². The van der Waals surface area contributed by atoms with E-state index in [0.29, 0.717) is 17.5 Å². The lowest BCUT2D eigenvalue weighted by molar-refractivity contribution is -0.120. The number of nitrogens with one attached hydrogen (secondary N) is 1. The highest BCUT2D eigenvalue weighted by Gasteiger charge is 2.48. The lowest BCUT2D eigenvalue weighted by atomic mass is 10.1. The summed E-state index contributed by atoms with van der Waals surface area (Å²) in [5, 5.41) is 12.5. The van der Waals surface area contributed by atoms with Crippen LogP contribution in [0.25, 0.3) is 0 Å². The molecule has 0 saturated heterocycles. The van der Waals surface area contributed by atoms with E-state index in [1.54, 1.807) is 60.7 Å². The fourth-order valence-corrected chi connectivity index (χ4v) is 3.52. The topological polar surface area (TPSA) is 102 Å². The van der Waals surface area contributed by atoms with E-state index in [2.05, 4.69) is 5.32 Å². The van der Waals surface area contributed by atoms with E-state index in [1.807, 2.05) is 0 Å². The first-order chi connectivity index (χ1) is 14.0. The van der Waals surface area contributed by atoms with Crippen LogP contribution in [0.3, 0.4) is 0 Å². The second kappa shape index (κ2) is 9.34. The second-order valence-electron chi connectivity index (χ2n) is 6.96. The zero-order chi connectivity index (χ0) is 20.8. The molecule has 0 unspecified atom stereocenters. The SMILES string of the molecule is CC(=O)N[C@@H]1C[C@H](CO)[C@@H](OC(=O)c2ccccc2)[C@H]1OC(=O)c1ccccc1. The van der Waals surface area contributed by atoms with Gasteiger partial charge in [-0.3, -0.25) is 4.79 Å². The summed E-state index contributed by atoms with van der Waals surface area (Å²) in [5.41, 5.74) is 0.690. The summed E-state index contributed by atoms with van der Waals surface area (Å²) in [6, 6.07) is 16.3. The third-order valence-corrected chi connectivity index (χ3v) is 4.87. The Labute approximate surface area is 168 Å². The highest BCUT2D eigenvalue weighted by atomic mass is 16.6. The van der Waals surface area contributed by atoms with Crippen LogP contribution in [0.15, 0.2) is 60.7 Å². The number of hydrogen-bond acceptors (Lipinski definition) is 6. The molecule has 0 aliphatic heterocycles. The molecule has 4 atom stereocenters. The first kappa shape index (κ1) is 20.5. The minimum absolute atomic E-state index is 0.276. The zero-order valence-electron chi connectivity index (χ0n) is 16.0. The molecule has 7 heteroatoms. The van der Waals surface area contributed by atoms with Crippen molar-refractivity contribution in [2.24, 2.45) is 5.92 Å². The Kier molecular flexibility index (Phi) is 6.61. The molecule has 0 aromatic heterocycles. The molecule has 1 amide bonds. The van der Waals surface area contributed by atoms with Gasteiger partial charge in [0.15, 0.2) is 6.10 Å². The minimum atomic E-state index is -0.920. The minimum Gasteiger partial charge on any atom is -0.454 e. The Balaban J connectivity index is 1.83. The van der Waals surface area contributed by atoms with Crippen molar-refractivity contribution in [3.8, 4) is 0 Å². The monoisotopic (exact) mass is 397 g/mol. The summed E-state index contributed by atoms with van der Waals surface area (Å²) in [7, 11) is 0. The molecule has 152 valence electrons. The van der Waals surface area contributed by atoms with Crippen LogP contribution in [0.5, 0.6) is 0 Å². The first-order valence-corrected chi connectivity index (χ1v) is 9.39. The first-order valence-electron chi connectivity index (χ1n) is 9.39. The fraction of sp³-hybridized carbons (Fsp3) is 0.318. The molecule has 0 bridgehead atoms. The van der Waals surface area contributed by atoms with E-state index in [-0.39, 0.29) is 12.5 Å². The van der Waals surface area contributed by atoms with Gasteiger partial charge >= 0.3 is 11.9 Å². The van der Waals surface area contributed by atoms with E-state index in [9.17, 15) is 19.5 Å². The van der Waals surface area contributed by atoms with Crippen molar-refractivity contribution in [3.05, 3.63) is 71.8 Å². The molecule has 2 aromatic carbocycles. The van der Waals surface area contributed by atoms with Crippen molar-refractivity contribution in [1.29, 1.82) is 0 Å². The van der Waals surface area contributed by atoms with E-state index in [1.165, 1.54) is 6.92 Å². The van der Waals surface area contributed by atoms with Crippen molar-refractivity contribution in [1.82, 2.24) is 5.32 Å².